The molecule has 0 saturated heterocycles. The Morgan fingerprint density at radius 3 is 2.57 bits per heavy atom. The molecule has 0 aromatic carbocycles. The van der Waals surface area contributed by atoms with E-state index in [1.54, 1.807) is 0 Å². The summed E-state index contributed by atoms with van der Waals surface area (Å²) in [6, 6.07) is 0. The molecule has 80 valence electrons. The van der Waals surface area contributed by atoms with Crippen molar-refractivity contribution in [3.8, 4) is 0 Å². The summed E-state index contributed by atoms with van der Waals surface area (Å²) < 4.78 is 15.2. The first-order chi connectivity index (χ1) is 6.52. The van der Waals surface area contributed by atoms with E-state index in [9.17, 15) is 4.79 Å². The van der Waals surface area contributed by atoms with Crippen LogP contribution >= 0.6 is 0 Å². The molecular weight excluding hydrogens is 184 g/mol. The fourth-order valence-electron chi connectivity index (χ4n) is 0.799. The molecule has 0 spiro atoms. The Balaban J connectivity index is 2.00. The molecule has 0 amide bonds. The second-order valence-corrected chi connectivity index (χ2v) is 3.68. The SMILES string of the molecule is C=C(COC(C)=O)OCOC1(C)CC1. The maximum atomic E-state index is 10.4. The van der Waals surface area contributed by atoms with Gasteiger partial charge in [-0.3, -0.25) is 4.79 Å². The normalized spacial score (nSPS) is 17.3. The number of hydrogen-bond donors (Lipinski definition) is 0. The summed E-state index contributed by atoms with van der Waals surface area (Å²) in [7, 11) is 0. The highest BCUT2D eigenvalue weighted by Gasteiger charge is 2.38. The van der Waals surface area contributed by atoms with Gasteiger partial charge in [-0.1, -0.05) is 6.58 Å². The molecule has 0 atom stereocenters. The molecule has 0 N–H and O–H groups in total. The Morgan fingerprint density at radius 2 is 2.07 bits per heavy atom. The van der Waals surface area contributed by atoms with Crippen LogP contribution in [0.4, 0.5) is 0 Å². The van der Waals surface area contributed by atoms with Gasteiger partial charge < -0.3 is 14.2 Å². The van der Waals surface area contributed by atoms with Gasteiger partial charge in [0.1, 0.15) is 12.4 Å². The van der Waals surface area contributed by atoms with E-state index in [1.807, 2.05) is 6.92 Å². The first kappa shape index (κ1) is 11.0. The average Bonchev–Trinajstić information content (AvgIpc) is 2.80. The molecule has 1 rings (SSSR count). The van der Waals surface area contributed by atoms with Gasteiger partial charge in [0.15, 0.2) is 6.79 Å². The van der Waals surface area contributed by atoms with Gasteiger partial charge in [0.2, 0.25) is 0 Å². The fraction of sp³-hybridized carbons (Fsp3) is 0.700. The van der Waals surface area contributed by atoms with E-state index in [4.69, 9.17) is 9.47 Å². The Labute approximate surface area is 83.8 Å². The third kappa shape index (κ3) is 4.28. The number of carbonyl (C=O) groups is 1. The molecular formula is C10H16O4. The van der Waals surface area contributed by atoms with E-state index >= 15 is 0 Å². The Bertz CT molecular complexity index is 230. The third-order valence-electron chi connectivity index (χ3n) is 2.06. The van der Waals surface area contributed by atoms with Crippen molar-refractivity contribution in [1.82, 2.24) is 0 Å². The average molecular weight is 200 g/mol. The van der Waals surface area contributed by atoms with Gasteiger partial charge in [-0.2, -0.15) is 0 Å². The Kier molecular flexibility index (Phi) is 3.52. The zero-order chi connectivity index (χ0) is 10.6. The molecule has 0 aromatic rings. The van der Waals surface area contributed by atoms with Crippen molar-refractivity contribution in [2.24, 2.45) is 0 Å². The number of carbonyl (C=O) groups excluding carboxylic acids is 1. The molecule has 1 saturated carbocycles. The zero-order valence-electron chi connectivity index (χ0n) is 8.67. The molecule has 4 nitrogen and oxygen atoms in total. The van der Waals surface area contributed by atoms with Gasteiger partial charge >= 0.3 is 5.97 Å². The predicted octanol–water partition coefficient (Wildman–Crippen LogP) is 1.61. The summed E-state index contributed by atoms with van der Waals surface area (Å²) in [6.45, 7) is 7.23. The van der Waals surface area contributed by atoms with Crippen molar-refractivity contribution in [3.05, 3.63) is 12.3 Å². The van der Waals surface area contributed by atoms with Crippen LogP contribution in [0.25, 0.3) is 0 Å². The Morgan fingerprint density at radius 1 is 1.43 bits per heavy atom. The lowest BCUT2D eigenvalue weighted by molar-refractivity contribution is -0.142. The number of rotatable bonds is 6. The van der Waals surface area contributed by atoms with Crippen molar-refractivity contribution in [1.29, 1.82) is 0 Å². The maximum absolute atomic E-state index is 10.4. The summed E-state index contributed by atoms with van der Waals surface area (Å²) in [6.07, 6.45) is 2.15. The van der Waals surface area contributed by atoms with Gasteiger partial charge in [0.25, 0.3) is 0 Å². The van der Waals surface area contributed by atoms with Crippen LogP contribution < -0.4 is 0 Å². The lowest BCUT2D eigenvalue weighted by Crippen LogP contribution is -2.13. The summed E-state index contributed by atoms with van der Waals surface area (Å²) in [5.41, 5.74) is 0.00170. The van der Waals surface area contributed by atoms with Crippen LogP contribution in [0.15, 0.2) is 12.3 Å². The van der Waals surface area contributed by atoms with E-state index < -0.39 is 0 Å². The van der Waals surface area contributed by atoms with Crippen LogP contribution in [0.1, 0.15) is 26.7 Å². The molecule has 1 aliphatic carbocycles. The zero-order valence-corrected chi connectivity index (χ0v) is 8.67. The minimum Gasteiger partial charge on any atom is -0.469 e. The second kappa shape index (κ2) is 4.46. The molecule has 0 radical (unpaired) electrons. The highest BCUT2D eigenvalue weighted by molar-refractivity contribution is 5.66. The highest BCUT2D eigenvalue weighted by atomic mass is 16.7. The van der Waals surface area contributed by atoms with Crippen molar-refractivity contribution in [3.63, 3.8) is 0 Å². The minimum atomic E-state index is -0.343. The minimum absolute atomic E-state index is 0.00170. The topological polar surface area (TPSA) is 44.8 Å². The monoisotopic (exact) mass is 200 g/mol. The second-order valence-electron chi connectivity index (χ2n) is 3.68. The van der Waals surface area contributed by atoms with Gasteiger partial charge in [-0.25, -0.2) is 0 Å². The fourth-order valence-corrected chi connectivity index (χ4v) is 0.799. The first-order valence-corrected chi connectivity index (χ1v) is 4.60. The summed E-state index contributed by atoms with van der Waals surface area (Å²) in [4.78, 5) is 10.4. The van der Waals surface area contributed by atoms with Crippen molar-refractivity contribution in [2.75, 3.05) is 13.4 Å². The lowest BCUT2D eigenvalue weighted by atomic mass is 10.4. The van der Waals surface area contributed by atoms with Crippen LogP contribution in [-0.2, 0) is 19.0 Å². The largest absolute Gasteiger partial charge is 0.469 e. The summed E-state index contributed by atoms with van der Waals surface area (Å²) >= 11 is 0. The molecule has 0 aliphatic heterocycles. The molecule has 0 aromatic heterocycles. The highest BCUT2D eigenvalue weighted by Crippen LogP contribution is 2.38. The molecule has 1 fully saturated rings. The van der Waals surface area contributed by atoms with Crippen LogP contribution in [0.3, 0.4) is 0 Å². The number of esters is 1. The maximum Gasteiger partial charge on any atom is 0.303 e. The van der Waals surface area contributed by atoms with E-state index in [-0.39, 0.29) is 25.0 Å². The number of ether oxygens (including phenoxy) is 3. The molecule has 14 heavy (non-hydrogen) atoms. The molecule has 0 unspecified atom stereocenters. The van der Waals surface area contributed by atoms with Gasteiger partial charge in [0.05, 0.1) is 5.60 Å². The Hall–Kier alpha value is -1.03. The summed E-state index contributed by atoms with van der Waals surface area (Å²) in [5, 5.41) is 0. The smallest absolute Gasteiger partial charge is 0.303 e. The van der Waals surface area contributed by atoms with Crippen LogP contribution in [0, 0.1) is 0 Å². The standard InChI is InChI=1S/C10H16O4/c1-8(6-12-9(2)11)13-7-14-10(3)4-5-10/h1,4-7H2,2-3H3. The quantitative estimate of drug-likeness (QED) is 0.371. The number of hydrogen-bond acceptors (Lipinski definition) is 4. The van der Waals surface area contributed by atoms with Crippen LogP contribution in [0.2, 0.25) is 0 Å². The molecule has 0 heterocycles. The van der Waals surface area contributed by atoms with Crippen LogP contribution in [-0.4, -0.2) is 25.0 Å². The lowest BCUT2D eigenvalue weighted by Gasteiger charge is -2.13. The summed E-state index contributed by atoms with van der Waals surface area (Å²) in [5.74, 6) is 0.0641. The van der Waals surface area contributed by atoms with Crippen molar-refractivity contribution < 1.29 is 19.0 Å². The van der Waals surface area contributed by atoms with E-state index in [1.165, 1.54) is 6.92 Å². The van der Waals surface area contributed by atoms with Crippen LogP contribution in [0.5, 0.6) is 0 Å². The van der Waals surface area contributed by atoms with Gasteiger partial charge in [-0.15, -0.1) is 0 Å². The van der Waals surface area contributed by atoms with E-state index in [0.29, 0.717) is 5.76 Å². The third-order valence-corrected chi connectivity index (χ3v) is 2.06. The molecule has 1 aliphatic rings. The van der Waals surface area contributed by atoms with E-state index in [0.717, 1.165) is 12.8 Å². The van der Waals surface area contributed by atoms with E-state index in [2.05, 4.69) is 11.3 Å². The van der Waals surface area contributed by atoms with Crippen molar-refractivity contribution in [2.45, 2.75) is 32.3 Å². The van der Waals surface area contributed by atoms with Gasteiger partial charge in [-0.05, 0) is 19.8 Å². The van der Waals surface area contributed by atoms with Crippen molar-refractivity contribution >= 4 is 5.97 Å². The predicted molar refractivity (Wildman–Crippen MR) is 50.4 cm³/mol. The molecule has 4 heteroatoms. The molecule has 0 bridgehead atoms. The first-order valence-electron chi connectivity index (χ1n) is 4.60. The van der Waals surface area contributed by atoms with Gasteiger partial charge in [0, 0.05) is 6.92 Å².